The molecule has 2 heterocycles. The van der Waals surface area contributed by atoms with Gasteiger partial charge in [-0.05, 0) is 30.9 Å². The predicted molar refractivity (Wildman–Crippen MR) is 75.1 cm³/mol. The molecular weight excluding hydrogens is 240 g/mol. The Bertz CT molecular complexity index is 397. The second kappa shape index (κ2) is 6.87. The minimum absolute atomic E-state index is 0.0230. The fourth-order valence-electron chi connectivity index (χ4n) is 2.66. The number of nitrogens with zero attached hydrogens (tertiary/aromatic N) is 1. The van der Waals surface area contributed by atoms with Gasteiger partial charge in [-0.1, -0.05) is 13.8 Å². The highest BCUT2D eigenvalue weighted by Gasteiger charge is 2.32. The van der Waals surface area contributed by atoms with Crippen molar-refractivity contribution < 1.29 is 9.47 Å². The summed E-state index contributed by atoms with van der Waals surface area (Å²) in [5, 5.41) is 0. The molecule has 1 aromatic heterocycles. The van der Waals surface area contributed by atoms with Crippen molar-refractivity contribution in [2.75, 3.05) is 13.2 Å². The molecule has 0 bridgehead atoms. The largest absolute Gasteiger partial charge is 0.492 e. The van der Waals surface area contributed by atoms with Crippen molar-refractivity contribution in [1.29, 1.82) is 0 Å². The van der Waals surface area contributed by atoms with Gasteiger partial charge in [0.25, 0.3) is 0 Å². The predicted octanol–water partition coefficient (Wildman–Crippen LogP) is 2.69. The van der Waals surface area contributed by atoms with Crippen LogP contribution in [0.25, 0.3) is 0 Å². The van der Waals surface area contributed by atoms with Crippen LogP contribution in [0.5, 0.6) is 5.75 Å². The minimum atomic E-state index is -0.0230. The van der Waals surface area contributed by atoms with Crippen LogP contribution in [0.2, 0.25) is 0 Å². The lowest BCUT2D eigenvalue weighted by Crippen LogP contribution is -2.28. The molecule has 0 aliphatic carbocycles. The highest BCUT2D eigenvalue weighted by molar-refractivity contribution is 5.26. The number of pyridine rings is 1. The molecule has 1 aromatic rings. The summed E-state index contributed by atoms with van der Waals surface area (Å²) in [5.41, 5.74) is 7.43. The van der Waals surface area contributed by atoms with Gasteiger partial charge in [-0.15, -0.1) is 0 Å². The van der Waals surface area contributed by atoms with Crippen LogP contribution in [-0.2, 0) is 4.74 Å². The fraction of sp³-hybridized carbons (Fsp3) is 0.667. The Kier molecular flexibility index (Phi) is 5.16. The van der Waals surface area contributed by atoms with Crippen molar-refractivity contribution in [1.82, 2.24) is 4.98 Å². The molecule has 0 spiro atoms. The molecule has 19 heavy (non-hydrogen) atoms. The van der Waals surface area contributed by atoms with Gasteiger partial charge < -0.3 is 15.2 Å². The lowest BCUT2D eigenvalue weighted by atomic mass is 9.88. The summed E-state index contributed by atoms with van der Waals surface area (Å²) < 4.78 is 11.3. The zero-order chi connectivity index (χ0) is 13.7. The Morgan fingerprint density at radius 1 is 1.47 bits per heavy atom. The summed E-state index contributed by atoms with van der Waals surface area (Å²) in [4.78, 5) is 4.24. The monoisotopic (exact) mass is 264 g/mol. The molecule has 4 nitrogen and oxygen atoms in total. The highest BCUT2D eigenvalue weighted by atomic mass is 16.5. The van der Waals surface area contributed by atoms with E-state index in [1.54, 1.807) is 6.20 Å². The summed E-state index contributed by atoms with van der Waals surface area (Å²) in [6, 6.07) is 1.99. The van der Waals surface area contributed by atoms with Gasteiger partial charge in [0.1, 0.15) is 5.75 Å². The number of ether oxygens (including phenoxy) is 2. The van der Waals surface area contributed by atoms with Crippen LogP contribution in [0.3, 0.4) is 0 Å². The second-order valence-electron chi connectivity index (χ2n) is 5.10. The van der Waals surface area contributed by atoms with E-state index in [2.05, 4.69) is 18.8 Å². The maximum Gasteiger partial charge on any atom is 0.137 e. The standard InChI is InChI=1S/C15H24N2O2/c1-3-6-18-12-8-11(9-17-10-12)15(16)13-5-7-19-14(13)4-2/h8-10,13-15H,3-7,16H2,1-2H3. The topological polar surface area (TPSA) is 57.4 Å². The zero-order valence-corrected chi connectivity index (χ0v) is 11.8. The number of hydrogen-bond donors (Lipinski definition) is 1. The van der Waals surface area contributed by atoms with E-state index in [0.29, 0.717) is 12.5 Å². The van der Waals surface area contributed by atoms with Gasteiger partial charge in [0.15, 0.2) is 0 Å². The van der Waals surface area contributed by atoms with E-state index in [-0.39, 0.29) is 12.1 Å². The van der Waals surface area contributed by atoms with Crippen LogP contribution in [0.1, 0.15) is 44.7 Å². The molecule has 1 aliphatic heterocycles. The van der Waals surface area contributed by atoms with E-state index in [4.69, 9.17) is 15.2 Å². The van der Waals surface area contributed by atoms with Crippen molar-refractivity contribution in [2.45, 2.75) is 45.3 Å². The average Bonchev–Trinajstić information content (AvgIpc) is 2.93. The van der Waals surface area contributed by atoms with E-state index < -0.39 is 0 Å². The number of hydrogen-bond acceptors (Lipinski definition) is 4. The van der Waals surface area contributed by atoms with Crippen LogP contribution in [0, 0.1) is 5.92 Å². The smallest absolute Gasteiger partial charge is 0.137 e. The Balaban J connectivity index is 2.07. The van der Waals surface area contributed by atoms with Crippen molar-refractivity contribution in [3.05, 3.63) is 24.0 Å². The molecule has 0 saturated carbocycles. The molecule has 2 rings (SSSR count). The highest BCUT2D eigenvalue weighted by Crippen LogP contribution is 2.33. The number of rotatable bonds is 6. The molecule has 3 atom stereocenters. The molecule has 4 heteroatoms. The van der Waals surface area contributed by atoms with Gasteiger partial charge >= 0.3 is 0 Å². The first-order valence-electron chi connectivity index (χ1n) is 7.21. The van der Waals surface area contributed by atoms with E-state index in [9.17, 15) is 0 Å². The Hall–Kier alpha value is -1.13. The van der Waals surface area contributed by atoms with Crippen LogP contribution in [-0.4, -0.2) is 24.3 Å². The van der Waals surface area contributed by atoms with E-state index >= 15 is 0 Å². The summed E-state index contributed by atoms with van der Waals surface area (Å²) in [7, 11) is 0. The Morgan fingerprint density at radius 3 is 3.05 bits per heavy atom. The molecule has 3 unspecified atom stereocenters. The molecule has 0 aromatic carbocycles. The number of nitrogens with two attached hydrogens (primary N) is 1. The Morgan fingerprint density at radius 2 is 2.32 bits per heavy atom. The third-order valence-electron chi connectivity index (χ3n) is 3.72. The maximum atomic E-state index is 6.39. The first kappa shape index (κ1) is 14.3. The van der Waals surface area contributed by atoms with Gasteiger partial charge in [-0.25, -0.2) is 0 Å². The van der Waals surface area contributed by atoms with Gasteiger partial charge in [0.05, 0.1) is 18.9 Å². The molecular formula is C15H24N2O2. The van der Waals surface area contributed by atoms with Crippen molar-refractivity contribution >= 4 is 0 Å². The van der Waals surface area contributed by atoms with Crippen LogP contribution in [0.15, 0.2) is 18.5 Å². The average molecular weight is 264 g/mol. The van der Waals surface area contributed by atoms with E-state index in [1.807, 2.05) is 12.3 Å². The molecule has 1 fully saturated rings. The van der Waals surface area contributed by atoms with Crippen molar-refractivity contribution in [2.24, 2.45) is 11.7 Å². The van der Waals surface area contributed by atoms with Gasteiger partial charge in [0.2, 0.25) is 0 Å². The Labute approximate surface area is 115 Å². The van der Waals surface area contributed by atoms with Gasteiger partial charge in [-0.3, -0.25) is 4.98 Å². The molecule has 2 N–H and O–H groups in total. The third-order valence-corrected chi connectivity index (χ3v) is 3.72. The summed E-state index contributed by atoms with van der Waals surface area (Å²) in [6.07, 6.45) is 6.89. The molecule has 1 saturated heterocycles. The lowest BCUT2D eigenvalue weighted by Gasteiger charge is -2.24. The minimum Gasteiger partial charge on any atom is -0.492 e. The maximum absolute atomic E-state index is 6.39. The van der Waals surface area contributed by atoms with E-state index in [0.717, 1.165) is 37.2 Å². The van der Waals surface area contributed by atoms with Gasteiger partial charge in [0, 0.05) is 24.8 Å². The van der Waals surface area contributed by atoms with Crippen LogP contribution in [0.4, 0.5) is 0 Å². The quantitative estimate of drug-likeness (QED) is 0.858. The molecule has 0 amide bonds. The fourth-order valence-corrected chi connectivity index (χ4v) is 2.66. The van der Waals surface area contributed by atoms with Gasteiger partial charge in [-0.2, -0.15) is 0 Å². The zero-order valence-electron chi connectivity index (χ0n) is 11.8. The second-order valence-corrected chi connectivity index (χ2v) is 5.10. The summed E-state index contributed by atoms with van der Waals surface area (Å²) in [6.45, 7) is 5.76. The summed E-state index contributed by atoms with van der Waals surface area (Å²) in [5.74, 6) is 1.19. The van der Waals surface area contributed by atoms with Crippen LogP contribution < -0.4 is 10.5 Å². The van der Waals surface area contributed by atoms with Crippen molar-refractivity contribution in [3.8, 4) is 5.75 Å². The number of aromatic nitrogens is 1. The lowest BCUT2D eigenvalue weighted by molar-refractivity contribution is 0.0813. The molecule has 0 radical (unpaired) electrons. The molecule has 106 valence electrons. The van der Waals surface area contributed by atoms with E-state index in [1.165, 1.54) is 0 Å². The first-order chi connectivity index (χ1) is 9.26. The van der Waals surface area contributed by atoms with Crippen LogP contribution >= 0.6 is 0 Å². The molecule has 1 aliphatic rings. The third kappa shape index (κ3) is 3.45. The normalized spacial score (nSPS) is 24.4. The SMILES string of the molecule is CCCOc1cncc(C(N)C2CCOC2CC)c1. The van der Waals surface area contributed by atoms with Crippen molar-refractivity contribution in [3.63, 3.8) is 0 Å². The summed E-state index contributed by atoms with van der Waals surface area (Å²) >= 11 is 0. The first-order valence-corrected chi connectivity index (χ1v) is 7.21.